The quantitative estimate of drug-likeness (QED) is 0.829. The second kappa shape index (κ2) is 7.24. The normalized spacial score (nSPS) is 10.2. The number of carbonyl (C=O) groups excluding carboxylic acids is 1. The van der Waals surface area contributed by atoms with E-state index in [9.17, 15) is 4.79 Å². The van der Waals surface area contributed by atoms with Crippen LogP contribution in [0, 0.1) is 0 Å². The van der Waals surface area contributed by atoms with E-state index in [-0.39, 0.29) is 19.1 Å². The van der Waals surface area contributed by atoms with Gasteiger partial charge in [-0.2, -0.15) is 0 Å². The average molecular weight is 271 g/mol. The Hall–Kier alpha value is -1.26. The van der Waals surface area contributed by atoms with Crippen LogP contribution in [-0.2, 0) is 11.4 Å². The summed E-state index contributed by atoms with van der Waals surface area (Å²) in [4.78, 5) is 13.5. The number of carbonyl (C=O) groups is 1. The Kier molecular flexibility index (Phi) is 5.95. The van der Waals surface area contributed by atoms with Crippen LogP contribution < -0.4 is 10.2 Å². The maximum atomic E-state index is 11.6. The number of benzene rings is 1. The van der Waals surface area contributed by atoms with Crippen molar-refractivity contribution >= 4 is 23.2 Å². The molecule has 0 saturated heterocycles. The fourth-order valence-electron chi connectivity index (χ4n) is 1.70. The van der Waals surface area contributed by atoms with E-state index in [0.29, 0.717) is 18.1 Å². The zero-order chi connectivity index (χ0) is 13.5. The Morgan fingerprint density at radius 3 is 2.67 bits per heavy atom. The van der Waals surface area contributed by atoms with Gasteiger partial charge in [0.2, 0.25) is 5.91 Å². The number of rotatable bonds is 6. The number of nitrogens with zero attached hydrogens (tertiary/aromatic N) is 1. The van der Waals surface area contributed by atoms with Crippen molar-refractivity contribution < 1.29 is 9.90 Å². The maximum Gasteiger partial charge on any atom is 0.239 e. The van der Waals surface area contributed by atoms with Crippen LogP contribution in [0.5, 0.6) is 0 Å². The molecule has 0 bridgehead atoms. The zero-order valence-electron chi connectivity index (χ0n) is 10.7. The lowest BCUT2D eigenvalue weighted by Crippen LogP contribution is -2.37. The molecule has 0 aliphatic rings. The van der Waals surface area contributed by atoms with E-state index in [0.717, 1.165) is 11.3 Å². The molecule has 1 amide bonds. The maximum absolute atomic E-state index is 11.6. The number of aliphatic hydroxyl groups excluding tert-OH is 1. The zero-order valence-corrected chi connectivity index (χ0v) is 11.5. The molecule has 5 heteroatoms. The van der Waals surface area contributed by atoms with Gasteiger partial charge in [0.05, 0.1) is 23.9 Å². The van der Waals surface area contributed by atoms with Gasteiger partial charge in [-0.15, -0.1) is 0 Å². The standard InChI is InChI=1S/C13H19ClN2O2/c1-3-15-13(18)8-16(4-2)12-6-5-10(9-17)7-11(12)14/h5-7,17H,3-4,8-9H2,1-2H3,(H,15,18). The summed E-state index contributed by atoms with van der Waals surface area (Å²) in [6.45, 7) is 5.40. The van der Waals surface area contributed by atoms with Crippen molar-refractivity contribution in [3.8, 4) is 0 Å². The minimum atomic E-state index is -0.0392. The number of aliphatic hydroxyl groups is 1. The third-order valence-electron chi connectivity index (χ3n) is 2.63. The minimum Gasteiger partial charge on any atom is -0.392 e. The van der Waals surface area contributed by atoms with E-state index < -0.39 is 0 Å². The number of amides is 1. The second-order valence-corrected chi connectivity index (χ2v) is 4.32. The van der Waals surface area contributed by atoms with Gasteiger partial charge in [0.15, 0.2) is 0 Å². The first-order chi connectivity index (χ1) is 8.62. The molecule has 0 unspecified atom stereocenters. The lowest BCUT2D eigenvalue weighted by molar-refractivity contribution is -0.119. The van der Waals surface area contributed by atoms with Gasteiger partial charge in [-0.25, -0.2) is 0 Å². The Labute approximate surface area is 113 Å². The third-order valence-corrected chi connectivity index (χ3v) is 2.93. The molecule has 0 aromatic heterocycles. The highest BCUT2D eigenvalue weighted by atomic mass is 35.5. The van der Waals surface area contributed by atoms with Gasteiger partial charge in [-0.1, -0.05) is 17.7 Å². The van der Waals surface area contributed by atoms with Crippen LogP contribution >= 0.6 is 11.6 Å². The average Bonchev–Trinajstić information content (AvgIpc) is 2.36. The van der Waals surface area contributed by atoms with Crippen molar-refractivity contribution in [1.82, 2.24) is 5.32 Å². The molecule has 4 nitrogen and oxygen atoms in total. The highest BCUT2D eigenvalue weighted by Crippen LogP contribution is 2.26. The summed E-state index contributed by atoms with van der Waals surface area (Å²) in [7, 11) is 0. The van der Waals surface area contributed by atoms with Crippen LogP contribution in [0.3, 0.4) is 0 Å². The fraction of sp³-hybridized carbons (Fsp3) is 0.462. The third kappa shape index (κ3) is 3.89. The first-order valence-electron chi connectivity index (χ1n) is 6.03. The Morgan fingerprint density at radius 2 is 2.17 bits per heavy atom. The van der Waals surface area contributed by atoms with E-state index in [1.165, 1.54) is 0 Å². The summed E-state index contributed by atoms with van der Waals surface area (Å²) in [5.74, 6) is -0.0262. The van der Waals surface area contributed by atoms with E-state index in [1.807, 2.05) is 30.9 Å². The highest BCUT2D eigenvalue weighted by Gasteiger charge is 2.12. The summed E-state index contributed by atoms with van der Waals surface area (Å²) in [6, 6.07) is 5.36. The number of hydrogen-bond donors (Lipinski definition) is 2. The molecule has 1 rings (SSSR count). The summed E-state index contributed by atoms with van der Waals surface area (Å²) < 4.78 is 0. The largest absolute Gasteiger partial charge is 0.392 e. The smallest absolute Gasteiger partial charge is 0.239 e. The second-order valence-electron chi connectivity index (χ2n) is 3.91. The SMILES string of the molecule is CCNC(=O)CN(CC)c1ccc(CO)cc1Cl. The van der Waals surface area contributed by atoms with Crippen LogP contribution in [0.15, 0.2) is 18.2 Å². The molecule has 0 saturated carbocycles. The molecule has 0 aliphatic heterocycles. The van der Waals surface area contributed by atoms with Crippen LogP contribution in [0.4, 0.5) is 5.69 Å². The molecule has 0 radical (unpaired) electrons. The van der Waals surface area contributed by atoms with Crippen LogP contribution in [0.1, 0.15) is 19.4 Å². The number of halogens is 1. The molecular weight excluding hydrogens is 252 g/mol. The minimum absolute atomic E-state index is 0.0262. The molecule has 0 fully saturated rings. The predicted octanol–water partition coefficient (Wildman–Crippen LogP) is 1.79. The van der Waals surface area contributed by atoms with Crippen LogP contribution in [0.25, 0.3) is 0 Å². The van der Waals surface area contributed by atoms with Crippen molar-refractivity contribution in [1.29, 1.82) is 0 Å². The molecule has 1 aromatic carbocycles. The van der Waals surface area contributed by atoms with Crippen molar-refractivity contribution in [2.45, 2.75) is 20.5 Å². The molecule has 0 atom stereocenters. The predicted molar refractivity (Wildman–Crippen MR) is 73.9 cm³/mol. The van der Waals surface area contributed by atoms with E-state index in [4.69, 9.17) is 16.7 Å². The summed E-state index contributed by atoms with van der Waals surface area (Å²) in [6.07, 6.45) is 0. The Morgan fingerprint density at radius 1 is 1.44 bits per heavy atom. The lowest BCUT2D eigenvalue weighted by Gasteiger charge is -2.23. The topological polar surface area (TPSA) is 52.6 Å². The first-order valence-corrected chi connectivity index (χ1v) is 6.41. The highest BCUT2D eigenvalue weighted by molar-refractivity contribution is 6.33. The van der Waals surface area contributed by atoms with Crippen molar-refractivity contribution in [2.24, 2.45) is 0 Å². The number of anilines is 1. The molecule has 100 valence electrons. The molecule has 18 heavy (non-hydrogen) atoms. The number of nitrogens with one attached hydrogen (secondary N) is 1. The van der Waals surface area contributed by atoms with Gasteiger partial charge in [-0.3, -0.25) is 4.79 Å². The van der Waals surface area contributed by atoms with Crippen molar-refractivity contribution in [3.63, 3.8) is 0 Å². The lowest BCUT2D eigenvalue weighted by atomic mass is 10.2. The fourth-order valence-corrected chi connectivity index (χ4v) is 2.02. The summed E-state index contributed by atoms with van der Waals surface area (Å²) in [5.41, 5.74) is 1.57. The van der Waals surface area contributed by atoms with Gasteiger partial charge in [0.1, 0.15) is 0 Å². The molecule has 0 aliphatic carbocycles. The van der Waals surface area contributed by atoms with E-state index in [2.05, 4.69) is 5.32 Å². The van der Waals surface area contributed by atoms with Crippen LogP contribution in [0.2, 0.25) is 5.02 Å². The van der Waals surface area contributed by atoms with Gasteiger partial charge < -0.3 is 15.3 Å². The molecule has 0 spiro atoms. The van der Waals surface area contributed by atoms with Crippen molar-refractivity contribution in [3.05, 3.63) is 28.8 Å². The van der Waals surface area contributed by atoms with E-state index >= 15 is 0 Å². The number of hydrogen-bond acceptors (Lipinski definition) is 3. The Bertz CT molecular complexity index is 410. The van der Waals surface area contributed by atoms with Crippen molar-refractivity contribution in [2.75, 3.05) is 24.5 Å². The molecular formula is C13H19ClN2O2. The monoisotopic (exact) mass is 270 g/mol. The van der Waals surface area contributed by atoms with Gasteiger partial charge in [0, 0.05) is 13.1 Å². The van der Waals surface area contributed by atoms with E-state index in [1.54, 1.807) is 6.07 Å². The number of likely N-dealkylation sites (N-methyl/N-ethyl adjacent to an activating group) is 2. The molecule has 2 N–H and O–H groups in total. The summed E-state index contributed by atoms with van der Waals surface area (Å²) in [5, 5.41) is 12.3. The molecule has 0 heterocycles. The summed E-state index contributed by atoms with van der Waals surface area (Å²) >= 11 is 6.16. The Balaban J connectivity index is 2.85. The van der Waals surface area contributed by atoms with Gasteiger partial charge >= 0.3 is 0 Å². The van der Waals surface area contributed by atoms with Gasteiger partial charge in [0.25, 0.3) is 0 Å². The van der Waals surface area contributed by atoms with Gasteiger partial charge in [-0.05, 0) is 31.5 Å². The molecule has 1 aromatic rings. The van der Waals surface area contributed by atoms with Crippen LogP contribution in [-0.4, -0.2) is 30.6 Å². The first kappa shape index (κ1) is 14.8.